The largest absolute Gasteiger partial charge is 0.492 e. The van der Waals surface area contributed by atoms with Gasteiger partial charge in [0.2, 0.25) is 0 Å². The quantitative estimate of drug-likeness (QED) is 0.706. The zero-order valence-corrected chi connectivity index (χ0v) is 12.7. The van der Waals surface area contributed by atoms with Crippen LogP contribution in [-0.2, 0) is 5.88 Å². The number of hydrogen-bond donors (Lipinski definition) is 0. The molecular formula is C15H18BrClO. The molecule has 0 spiro atoms. The lowest BCUT2D eigenvalue weighted by atomic mass is 9.89. The van der Waals surface area contributed by atoms with E-state index in [4.69, 9.17) is 16.3 Å². The number of rotatable bonds is 4. The molecule has 3 heteroatoms. The third-order valence-corrected chi connectivity index (χ3v) is 5.43. The van der Waals surface area contributed by atoms with Crippen molar-refractivity contribution in [3.8, 4) is 5.75 Å². The second-order valence-electron chi connectivity index (χ2n) is 5.61. The van der Waals surface area contributed by atoms with E-state index in [-0.39, 0.29) is 0 Å². The maximum Gasteiger partial charge on any atom is 0.137 e. The summed E-state index contributed by atoms with van der Waals surface area (Å²) in [6.07, 6.45) is 5.66. The molecule has 3 unspecified atom stereocenters. The Morgan fingerprint density at radius 2 is 2.17 bits per heavy atom. The van der Waals surface area contributed by atoms with Crippen LogP contribution in [0.15, 0.2) is 22.7 Å². The summed E-state index contributed by atoms with van der Waals surface area (Å²) < 4.78 is 7.08. The molecule has 0 heterocycles. The van der Waals surface area contributed by atoms with Gasteiger partial charge in [0, 0.05) is 5.56 Å². The highest BCUT2D eigenvalue weighted by Crippen LogP contribution is 2.48. The Hall–Kier alpha value is -0.210. The van der Waals surface area contributed by atoms with Crippen LogP contribution in [0.2, 0.25) is 0 Å². The minimum Gasteiger partial charge on any atom is -0.492 e. The molecule has 3 atom stereocenters. The number of alkyl halides is 1. The molecule has 0 N–H and O–H groups in total. The van der Waals surface area contributed by atoms with Gasteiger partial charge in [-0.1, -0.05) is 18.6 Å². The summed E-state index contributed by atoms with van der Waals surface area (Å²) in [5, 5.41) is 0. The van der Waals surface area contributed by atoms with Crippen LogP contribution in [0.4, 0.5) is 0 Å². The molecule has 2 bridgehead atoms. The standard InChI is InChI=1S/C15H18BrClO/c16-14-3-1-2-12(8-17)15(14)18-9-13-7-10-4-5-11(13)6-10/h1-3,10-11,13H,4-9H2. The van der Waals surface area contributed by atoms with Crippen molar-refractivity contribution in [3.05, 3.63) is 28.2 Å². The van der Waals surface area contributed by atoms with Crippen LogP contribution in [0.3, 0.4) is 0 Å². The summed E-state index contributed by atoms with van der Waals surface area (Å²) >= 11 is 9.52. The van der Waals surface area contributed by atoms with Gasteiger partial charge >= 0.3 is 0 Å². The number of para-hydroxylation sites is 1. The molecule has 1 nitrogen and oxygen atoms in total. The van der Waals surface area contributed by atoms with Gasteiger partial charge in [0.1, 0.15) is 5.75 Å². The molecule has 2 aliphatic rings. The normalized spacial score (nSPS) is 29.8. The summed E-state index contributed by atoms with van der Waals surface area (Å²) in [6.45, 7) is 0.855. The summed E-state index contributed by atoms with van der Waals surface area (Å²) in [4.78, 5) is 0. The van der Waals surface area contributed by atoms with E-state index in [2.05, 4.69) is 15.9 Å². The van der Waals surface area contributed by atoms with Gasteiger partial charge in [-0.2, -0.15) is 0 Å². The molecule has 2 saturated carbocycles. The second-order valence-corrected chi connectivity index (χ2v) is 6.73. The van der Waals surface area contributed by atoms with Crippen molar-refractivity contribution in [1.29, 1.82) is 0 Å². The average Bonchev–Trinajstić information content (AvgIpc) is 2.99. The van der Waals surface area contributed by atoms with E-state index in [0.29, 0.717) is 5.88 Å². The van der Waals surface area contributed by atoms with Gasteiger partial charge in [0.25, 0.3) is 0 Å². The summed E-state index contributed by atoms with van der Waals surface area (Å²) in [5.41, 5.74) is 1.08. The number of fused-ring (bicyclic) bond motifs is 2. The van der Waals surface area contributed by atoms with Gasteiger partial charge < -0.3 is 4.74 Å². The monoisotopic (exact) mass is 328 g/mol. The fourth-order valence-corrected chi connectivity index (χ4v) is 4.32. The summed E-state index contributed by atoms with van der Waals surface area (Å²) in [6, 6.07) is 6.06. The molecule has 0 amide bonds. The number of benzene rings is 1. The molecule has 2 fully saturated rings. The highest BCUT2D eigenvalue weighted by molar-refractivity contribution is 9.10. The van der Waals surface area contributed by atoms with E-state index in [9.17, 15) is 0 Å². The minimum atomic E-state index is 0.505. The Labute approximate surface area is 122 Å². The Kier molecular flexibility index (Phi) is 3.86. The third-order valence-electron chi connectivity index (χ3n) is 4.52. The maximum absolute atomic E-state index is 6.06. The molecule has 0 aromatic heterocycles. The third kappa shape index (κ3) is 2.42. The molecular weight excluding hydrogens is 312 g/mol. The Morgan fingerprint density at radius 1 is 1.28 bits per heavy atom. The molecule has 3 rings (SSSR count). The van der Waals surface area contributed by atoms with E-state index >= 15 is 0 Å². The molecule has 0 saturated heterocycles. The molecule has 18 heavy (non-hydrogen) atoms. The Bertz CT molecular complexity index is 435. The van der Waals surface area contributed by atoms with E-state index in [1.165, 1.54) is 25.7 Å². The molecule has 2 aliphatic carbocycles. The first-order valence-corrected chi connectivity index (χ1v) is 8.07. The van der Waals surface area contributed by atoms with Gasteiger partial charge in [-0.25, -0.2) is 0 Å². The predicted molar refractivity (Wildman–Crippen MR) is 78.1 cm³/mol. The van der Waals surface area contributed by atoms with Crippen LogP contribution in [0.25, 0.3) is 0 Å². The number of hydrogen-bond acceptors (Lipinski definition) is 1. The summed E-state index contributed by atoms with van der Waals surface area (Å²) in [5.74, 6) is 4.10. The first kappa shape index (κ1) is 12.8. The predicted octanol–water partition coefficient (Wildman–Crippen LogP) is 5.00. The van der Waals surface area contributed by atoms with Crippen LogP contribution in [0.1, 0.15) is 31.2 Å². The lowest BCUT2D eigenvalue weighted by Crippen LogP contribution is -2.19. The topological polar surface area (TPSA) is 9.23 Å². The first-order chi connectivity index (χ1) is 8.78. The van der Waals surface area contributed by atoms with Gasteiger partial charge in [0.05, 0.1) is 17.0 Å². The van der Waals surface area contributed by atoms with Crippen molar-refractivity contribution < 1.29 is 4.74 Å². The SMILES string of the molecule is ClCc1cccc(Br)c1OCC1CC2CCC1C2. The highest BCUT2D eigenvalue weighted by Gasteiger charge is 2.39. The second kappa shape index (κ2) is 5.42. The highest BCUT2D eigenvalue weighted by atomic mass is 79.9. The molecule has 1 aromatic rings. The Morgan fingerprint density at radius 3 is 2.83 bits per heavy atom. The van der Waals surface area contributed by atoms with E-state index < -0.39 is 0 Å². The first-order valence-electron chi connectivity index (χ1n) is 6.74. The average molecular weight is 330 g/mol. The van der Waals surface area contributed by atoms with Crippen LogP contribution in [0.5, 0.6) is 5.75 Å². The lowest BCUT2D eigenvalue weighted by molar-refractivity contribution is 0.193. The van der Waals surface area contributed by atoms with Crippen LogP contribution in [0, 0.1) is 17.8 Å². The van der Waals surface area contributed by atoms with Crippen LogP contribution >= 0.6 is 27.5 Å². The van der Waals surface area contributed by atoms with Gasteiger partial charge in [-0.15, -0.1) is 11.6 Å². The summed E-state index contributed by atoms with van der Waals surface area (Å²) in [7, 11) is 0. The van der Waals surface area contributed by atoms with Crippen LogP contribution in [-0.4, -0.2) is 6.61 Å². The zero-order chi connectivity index (χ0) is 12.5. The zero-order valence-electron chi connectivity index (χ0n) is 10.4. The smallest absolute Gasteiger partial charge is 0.137 e. The van der Waals surface area contributed by atoms with Crippen molar-refractivity contribution in [2.24, 2.45) is 17.8 Å². The maximum atomic E-state index is 6.06. The van der Waals surface area contributed by atoms with Crippen molar-refractivity contribution >= 4 is 27.5 Å². The number of halogens is 2. The van der Waals surface area contributed by atoms with Crippen molar-refractivity contribution in [1.82, 2.24) is 0 Å². The van der Waals surface area contributed by atoms with E-state index in [0.717, 1.165) is 40.1 Å². The lowest BCUT2D eigenvalue weighted by Gasteiger charge is -2.22. The minimum absolute atomic E-state index is 0.505. The molecule has 98 valence electrons. The Balaban J connectivity index is 1.66. The number of ether oxygens (including phenoxy) is 1. The molecule has 1 aromatic carbocycles. The molecule has 0 aliphatic heterocycles. The fraction of sp³-hybridized carbons (Fsp3) is 0.600. The van der Waals surface area contributed by atoms with Crippen molar-refractivity contribution in [3.63, 3.8) is 0 Å². The van der Waals surface area contributed by atoms with E-state index in [1.54, 1.807) is 0 Å². The van der Waals surface area contributed by atoms with Gasteiger partial charge in [0.15, 0.2) is 0 Å². The molecule has 0 radical (unpaired) electrons. The van der Waals surface area contributed by atoms with Crippen LogP contribution < -0.4 is 4.74 Å². The van der Waals surface area contributed by atoms with Gasteiger partial charge in [-0.3, -0.25) is 0 Å². The van der Waals surface area contributed by atoms with E-state index in [1.807, 2.05) is 18.2 Å². The van der Waals surface area contributed by atoms with Gasteiger partial charge in [-0.05, 0) is 59.0 Å². The van der Waals surface area contributed by atoms with Crippen molar-refractivity contribution in [2.45, 2.75) is 31.6 Å². The van der Waals surface area contributed by atoms with Crippen molar-refractivity contribution in [2.75, 3.05) is 6.61 Å². The fourth-order valence-electron chi connectivity index (χ4n) is 3.59.